The lowest BCUT2D eigenvalue weighted by molar-refractivity contribution is -0.136. The first-order chi connectivity index (χ1) is 9.91. The van der Waals surface area contributed by atoms with Gasteiger partial charge in [-0.2, -0.15) is 0 Å². The van der Waals surface area contributed by atoms with Crippen LogP contribution in [0, 0.1) is 0 Å². The maximum absolute atomic E-state index is 12.3. The number of ether oxygens (including phenoxy) is 1. The second kappa shape index (κ2) is 6.30. The second-order valence-electron chi connectivity index (χ2n) is 5.96. The minimum absolute atomic E-state index is 0.145. The smallest absolute Gasteiger partial charge is 0.225 e. The molecule has 6 heteroatoms. The van der Waals surface area contributed by atoms with Gasteiger partial charge in [0.2, 0.25) is 5.91 Å². The number of nitrogens with zero attached hydrogens (tertiary/aromatic N) is 3. The number of carbonyl (C=O) groups is 1. The molecule has 1 amide bonds. The zero-order valence-corrected chi connectivity index (χ0v) is 13.0. The molecule has 1 aliphatic heterocycles. The number of anilines is 2. The summed E-state index contributed by atoms with van der Waals surface area (Å²) in [4.78, 5) is 20.6. The molecule has 2 N–H and O–H groups in total. The van der Waals surface area contributed by atoms with E-state index in [0.717, 1.165) is 18.9 Å². The summed E-state index contributed by atoms with van der Waals surface area (Å²) in [6.45, 7) is 6.86. The first-order valence-electron chi connectivity index (χ1n) is 7.21. The van der Waals surface area contributed by atoms with Crippen LogP contribution in [0.25, 0.3) is 0 Å². The monoisotopic (exact) mass is 292 g/mol. The topological polar surface area (TPSA) is 71.7 Å². The van der Waals surface area contributed by atoms with Gasteiger partial charge in [-0.1, -0.05) is 0 Å². The van der Waals surface area contributed by atoms with Crippen molar-refractivity contribution in [3.8, 4) is 0 Å². The van der Waals surface area contributed by atoms with Crippen molar-refractivity contribution >= 4 is 17.4 Å². The van der Waals surface area contributed by atoms with E-state index in [2.05, 4.69) is 9.88 Å². The highest BCUT2D eigenvalue weighted by Crippen LogP contribution is 2.18. The number of pyridine rings is 1. The molecule has 1 fully saturated rings. The van der Waals surface area contributed by atoms with Crippen molar-refractivity contribution in [2.24, 2.45) is 0 Å². The summed E-state index contributed by atoms with van der Waals surface area (Å²) in [7, 11) is 1.64. The molecular weight excluding hydrogens is 268 g/mol. The van der Waals surface area contributed by atoms with Gasteiger partial charge in [0.1, 0.15) is 5.82 Å². The van der Waals surface area contributed by atoms with Crippen LogP contribution in [-0.4, -0.2) is 54.7 Å². The van der Waals surface area contributed by atoms with E-state index in [1.165, 1.54) is 0 Å². The minimum Gasteiger partial charge on any atom is -0.397 e. The number of carbonyl (C=O) groups excluding carboxylic acids is 1. The van der Waals surface area contributed by atoms with Crippen LogP contribution in [0.15, 0.2) is 18.3 Å². The number of methoxy groups -OCH3 is 1. The summed E-state index contributed by atoms with van der Waals surface area (Å²) in [5, 5.41) is 0. The van der Waals surface area contributed by atoms with E-state index in [1.54, 1.807) is 13.3 Å². The lowest BCUT2D eigenvalue weighted by Gasteiger charge is -2.36. The van der Waals surface area contributed by atoms with E-state index in [0.29, 0.717) is 25.2 Å². The first-order valence-corrected chi connectivity index (χ1v) is 7.21. The van der Waals surface area contributed by atoms with Crippen LogP contribution >= 0.6 is 0 Å². The number of nitrogens with two attached hydrogens (primary N) is 1. The predicted octanol–water partition coefficient (Wildman–Crippen LogP) is 1.13. The summed E-state index contributed by atoms with van der Waals surface area (Å²) in [5.41, 5.74) is 5.90. The van der Waals surface area contributed by atoms with Gasteiger partial charge >= 0.3 is 0 Å². The number of piperazine rings is 1. The molecule has 0 atom stereocenters. The van der Waals surface area contributed by atoms with Crippen molar-refractivity contribution in [2.45, 2.75) is 25.9 Å². The van der Waals surface area contributed by atoms with E-state index < -0.39 is 5.60 Å². The molecule has 2 heterocycles. The Labute approximate surface area is 125 Å². The third-order valence-corrected chi connectivity index (χ3v) is 3.86. The van der Waals surface area contributed by atoms with E-state index in [9.17, 15) is 4.79 Å². The van der Waals surface area contributed by atoms with Crippen LogP contribution < -0.4 is 10.6 Å². The van der Waals surface area contributed by atoms with Crippen LogP contribution in [0.3, 0.4) is 0 Å². The highest BCUT2D eigenvalue weighted by atomic mass is 16.5. The SMILES string of the molecule is COC(C)(C)CC(=O)N1CCN(c2ccc(N)cn2)CC1. The molecule has 0 spiro atoms. The van der Waals surface area contributed by atoms with Gasteiger partial charge < -0.3 is 20.3 Å². The van der Waals surface area contributed by atoms with E-state index in [-0.39, 0.29) is 5.91 Å². The lowest BCUT2D eigenvalue weighted by atomic mass is 10.0. The fraction of sp³-hybridized carbons (Fsp3) is 0.600. The van der Waals surface area contributed by atoms with Gasteiger partial charge in [-0.25, -0.2) is 4.98 Å². The van der Waals surface area contributed by atoms with Crippen molar-refractivity contribution in [3.63, 3.8) is 0 Å². The molecule has 0 radical (unpaired) electrons. The number of hydrogen-bond acceptors (Lipinski definition) is 5. The maximum Gasteiger partial charge on any atom is 0.225 e. The lowest BCUT2D eigenvalue weighted by Crippen LogP contribution is -2.50. The quantitative estimate of drug-likeness (QED) is 0.900. The number of rotatable bonds is 4. The van der Waals surface area contributed by atoms with Crippen molar-refractivity contribution in [1.82, 2.24) is 9.88 Å². The average molecular weight is 292 g/mol. The zero-order chi connectivity index (χ0) is 15.5. The Morgan fingerprint density at radius 1 is 1.33 bits per heavy atom. The van der Waals surface area contributed by atoms with Crippen molar-refractivity contribution in [3.05, 3.63) is 18.3 Å². The van der Waals surface area contributed by atoms with Crippen LogP contribution in [0.4, 0.5) is 11.5 Å². The minimum atomic E-state index is -0.410. The van der Waals surface area contributed by atoms with Gasteiger partial charge in [0, 0.05) is 33.3 Å². The Morgan fingerprint density at radius 3 is 2.52 bits per heavy atom. The molecule has 0 aromatic carbocycles. The summed E-state index contributed by atoms with van der Waals surface area (Å²) in [5.74, 6) is 1.06. The second-order valence-corrected chi connectivity index (χ2v) is 5.96. The third-order valence-electron chi connectivity index (χ3n) is 3.86. The van der Waals surface area contributed by atoms with Crippen molar-refractivity contribution in [2.75, 3.05) is 43.9 Å². The van der Waals surface area contributed by atoms with Crippen LogP contribution in [-0.2, 0) is 9.53 Å². The Balaban J connectivity index is 1.88. The van der Waals surface area contributed by atoms with Crippen LogP contribution in [0.2, 0.25) is 0 Å². The van der Waals surface area contributed by atoms with Gasteiger partial charge in [-0.15, -0.1) is 0 Å². The van der Waals surface area contributed by atoms with Crippen molar-refractivity contribution in [1.29, 1.82) is 0 Å². The molecule has 1 saturated heterocycles. The third kappa shape index (κ3) is 4.07. The fourth-order valence-corrected chi connectivity index (χ4v) is 2.32. The molecule has 0 bridgehead atoms. The number of amides is 1. The summed E-state index contributed by atoms with van der Waals surface area (Å²) in [6, 6.07) is 3.77. The fourth-order valence-electron chi connectivity index (χ4n) is 2.32. The van der Waals surface area contributed by atoms with Crippen LogP contribution in [0.5, 0.6) is 0 Å². The molecule has 116 valence electrons. The van der Waals surface area contributed by atoms with Gasteiger partial charge in [0.25, 0.3) is 0 Å². The van der Waals surface area contributed by atoms with Gasteiger partial charge in [-0.3, -0.25) is 4.79 Å². The molecule has 1 aromatic rings. The molecule has 21 heavy (non-hydrogen) atoms. The molecular formula is C15H24N4O2. The Hall–Kier alpha value is -1.82. The predicted molar refractivity (Wildman–Crippen MR) is 83.1 cm³/mol. The molecule has 0 aliphatic carbocycles. The van der Waals surface area contributed by atoms with Crippen molar-refractivity contribution < 1.29 is 9.53 Å². The maximum atomic E-state index is 12.3. The summed E-state index contributed by atoms with van der Waals surface area (Å²) < 4.78 is 5.32. The molecule has 1 aromatic heterocycles. The van der Waals surface area contributed by atoms with Crippen LogP contribution in [0.1, 0.15) is 20.3 Å². The Kier molecular flexibility index (Phi) is 4.67. The van der Waals surface area contributed by atoms with Gasteiger partial charge in [0.15, 0.2) is 0 Å². The largest absolute Gasteiger partial charge is 0.397 e. The molecule has 2 rings (SSSR count). The highest BCUT2D eigenvalue weighted by Gasteiger charge is 2.27. The number of nitrogen functional groups attached to an aromatic ring is 1. The number of aromatic nitrogens is 1. The molecule has 0 saturated carbocycles. The van der Waals surface area contributed by atoms with Gasteiger partial charge in [-0.05, 0) is 26.0 Å². The zero-order valence-electron chi connectivity index (χ0n) is 13.0. The highest BCUT2D eigenvalue weighted by molar-refractivity contribution is 5.77. The average Bonchev–Trinajstić information content (AvgIpc) is 2.48. The van der Waals surface area contributed by atoms with Gasteiger partial charge in [0.05, 0.1) is 23.9 Å². The molecule has 6 nitrogen and oxygen atoms in total. The Morgan fingerprint density at radius 2 is 2.00 bits per heavy atom. The number of hydrogen-bond donors (Lipinski definition) is 1. The summed E-state index contributed by atoms with van der Waals surface area (Å²) >= 11 is 0. The van der Waals surface area contributed by atoms with E-state index in [1.807, 2.05) is 30.9 Å². The molecule has 0 unspecified atom stereocenters. The Bertz CT molecular complexity index is 479. The normalized spacial score (nSPS) is 16.1. The van der Waals surface area contributed by atoms with E-state index >= 15 is 0 Å². The van der Waals surface area contributed by atoms with E-state index in [4.69, 9.17) is 10.5 Å². The summed E-state index contributed by atoms with van der Waals surface area (Å²) in [6.07, 6.45) is 2.07. The standard InChI is InChI=1S/C15H24N4O2/c1-15(2,21-3)10-14(20)19-8-6-18(7-9-19)13-5-4-12(16)11-17-13/h4-5,11H,6-10,16H2,1-3H3. The first kappa shape index (κ1) is 15.6. The molecule has 1 aliphatic rings.